The van der Waals surface area contributed by atoms with Crippen molar-refractivity contribution in [3.63, 3.8) is 0 Å². The second-order valence-electron chi connectivity index (χ2n) is 31.6. The lowest BCUT2D eigenvalue weighted by Gasteiger charge is -2.50. The highest BCUT2D eigenvalue weighted by atomic mass is 16.2. The lowest BCUT2D eigenvalue weighted by atomic mass is 9.70. The van der Waals surface area contributed by atoms with Gasteiger partial charge in [0.25, 0.3) is 17.7 Å². The molecule has 0 radical (unpaired) electrons. The van der Waals surface area contributed by atoms with Gasteiger partial charge in [-0.05, 0) is 272 Å². The molecule has 4 saturated carbocycles. The molecule has 0 N–H and O–H groups in total. The molecule has 12 fully saturated rings. The second-order valence-corrected chi connectivity index (χ2v) is 31.6. The molecule has 4 aliphatic carbocycles. The quantitative estimate of drug-likeness (QED) is 0.182. The summed E-state index contributed by atoms with van der Waals surface area (Å²) < 4.78 is 0. The van der Waals surface area contributed by atoms with Gasteiger partial charge in [0.05, 0.1) is 16.7 Å². The van der Waals surface area contributed by atoms with Crippen LogP contribution in [0, 0.1) is 16.2 Å². The maximum atomic E-state index is 13.0. The standard InChI is InChI=1S/2C26H40N4O.C25H38N4O/c1-28(22-6-3-2-4-7-22)25(31)21-10-11-24(27-20-21)30-18-14-26(15-19-30)12-16-29(17-13-26)23-8-5-9-23;1-2-22-6-3-4-15-30(22)25(31)21-9-10-24(27-20-21)29-18-13-26(14-19-29)11-16-28(17-12-26)23-7-5-8-23;1-20-5-2-3-14-29(20)24(30)21-8-9-23(26-19-21)28-17-12-25(13-18-28)10-15-27(16-11-25)22-6-4-7-22/h10-11,20,22-23H,2-9,12-19H2,1H3;9-10,20,22-23H,2-8,11-19H2,1H3;8-9,19-20,22H,2-7,10-18H2,1H3. The number of carbonyl (C=O) groups excluding carboxylic acids is 3. The van der Waals surface area contributed by atoms with Crippen LogP contribution < -0.4 is 14.7 Å². The van der Waals surface area contributed by atoms with Crippen molar-refractivity contribution in [3.8, 4) is 0 Å². The van der Waals surface area contributed by atoms with Gasteiger partial charge in [-0.1, -0.05) is 45.4 Å². The molecule has 0 aromatic carbocycles. The summed E-state index contributed by atoms with van der Waals surface area (Å²) in [5, 5.41) is 0. The molecule has 504 valence electrons. The minimum Gasteiger partial charge on any atom is -0.357 e. The summed E-state index contributed by atoms with van der Waals surface area (Å²) in [6.45, 7) is 20.6. The van der Waals surface area contributed by atoms with E-state index in [0.717, 1.165) is 150 Å². The van der Waals surface area contributed by atoms with E-state index < -0.39 is 0 Å². The van der Waals surface area contributed by atoms with E-state index in [2.05, 4.69) is 66.3 Å². The molecule has 15 nitrogen and oxygen atoms in total. The van der Waals surface area contributed by atoms with Crippen LogP contribution in [0.5, 0.6) is 0 Å². The van der Waals surface area contributed by atoms with Gasteiger partial charge in [0.2, 0.25) is 0 Å². The van der Waals surface area contributed by atoms with E-state index in [1.807, 2.05) is 41.2 Å². The monoisotopic (exact) mass is 1260 g/mol. The van der Waals surface area contributed by atoms with Crippen LogP contribution in [0.1, 0.15) is 257 Å². The SMILES string of the molecule is CC1CCCCN1C(=O)c1ccc(N2CCC3(CC2)CCN(C2CCC2)CC3)nc1.CCC1CCCCN1C(=O)c1ccc(N2CCC3(CC2)CCN(C2CCC2)CC3)nc1.CN(C(=O)c1ccc(N2CCC3(CC2)CCN(C2CCC2)CC3)nc1)C1CCCCC1. The predicted octanol–water partition coefficient (Wildman–Crippen LogP) is 13.8. The Hall–Kier alpha value is -4.86. The number of pyridine rings is 3. The van der Waals surface area contributed by atoms with Crippen molar-refractivity contribution in [1.29, 1.82) is 0 Å². The third kappa shape index (κ3) is 15.2. The maximum Gasteiger partial charge on any atom is 0.255 e. The van der Waals surface area contributed by atoms with Gasteiger partial charge in [0.15, 0.2) is 0 Å². The Morgan fingerprint density at radius 2 is 0.750 bits per heavy atom. The molecular weight excluding hydrogens is 1140 g/mol. The van der Waals surface area contributed by atoms with Crippen molar-refractivity contribution in [2.45, 2.75) is 262 Å². The summed E-state index contributed by atoms with van der Waals surface area (Å²) >= 11 is 0. The van der Waals surface area contributed by atoms with E-state index >= 15 is 0 Å². The zero-order chi connectivity index (χ0) is 63.1. The third-order valence-corrected chi connectivity index (χ3v) is 26.6. The number of likely N-dealkylation sites (tertiary alicyclic amines) is 5. The predicted molar refractivity (Wildman–Crippen MR) is 372 cm³/mol. The number of piperidine rings is 8. The highest BCUT2D eigenvalue weighted by Gasteiger charge is 2.44. The van der Waals surface area contributed by atoms with Crippen LogP contribution in [0.4, 0.5) is 17.5 Å². The zero-order valence-electron chi connectivity index (χ0n) is 57.5. The van der Waals surface area contributed by atoms with Gasteiger partial charge in [-0.2, -0.15) is 0 Å². The number of nitrogens with zero attached hydrogens (tertiary/aromatic N) is 12. The third-order valence-electron chi connectivity index (χ3n) is 26.6. The largest absolute Gasteiger partial charge is 0.357 e. The lowest BCUT2D eigenvalue weighted by molar-refractivity contribution is 0.0304. The van der Waals surface area contributed by atoms with Crippen molar-refractivity contribution in [3.05, 3.63) is 71.7 Å². The Balaban J connectivity index is 0.000000126. The fourth-order valence-electron chi connectivity index (χ4n) is 18.8. The van der Waals surface area contributed by atoms with Crippen LogP contribution in [0.3, 0.4) is 0 Å². The van der Waals surface area contributed by atoms with Gasteiger partial charge in [-0.25, -0.2) is 15.0 Å². The molecular formula is C77H118N12O3. The summed E-state index contributed by atoms with van der Waals surface area (Å²) in [6.07, 6.45) is 48.5. The van der Waals surface area contributed by atoms with Crippen LogP contribution in [-0.4, -0.2) is 197 Å². The smallest absolute Gasteiger partial charge is 0.255 e. The summed E-state index contributed by atoms with van der Waals surface area (Å²) in [6, 6.07) is 16.1. The number of anilines is 3. The number of aromatic nitrogens is 3. The van der Waals surface area contributed by atoms with Crippen molar-refractivity contribution in [1.82, 2.24) is 44.4 Å². The molecule has 12 aliphatic rings. The molecule has 3 aromatic rings. The van der Waals surface area contributed by atoms with Crippen LogP contribution in [-0.2, 0) is 0 Å². The molecule has 2 unspecified atom stereocenters. The Morgan fingerprint density at radius 1 is 0.402 bits per heavy atom. The van der Waals surface area contributed by atoms with Crippen LogP contribution in [0.2, 0.25) is 0 Å². The Kier molecular flexibility index (Phi) is 21.5. The number of amides is 3. The molecule has 8 saturated heterocycles. The Labute approximate surface area is 554 Å². The molecule has 2 atom stereocenters. The molecule has 11 heterocycles. The first kappa shape index (κ1) is 65.8. The highest BCUT2D eigenvalue weighted by Crippen LogP contribution is 2.47. The molecule has 3 amide bonds. The number of rotatable bonds is 11. The van der Waals surface area contributed by atoms with Gasteiger partial charge in [0, 0.05) is 114 Å². The average Bonchev–Trinajstić information content (AvgIpc) is 0.891. The summed E-state index contributed by atoms with van der Waals surface area (Å²) in [5.41, 5.74) is 3.92. The number of hydrogen-bond donors (Lipinski definition) is 0. The van der Waals surface area contributed by atoms with E-state index in [1.54, 1.807) is 12.4 Å². The fraction of sp³-hybridized carbons (Fsp3) is 0.766. The van der Waals surface area contributed by atoms with Gasteiger partial charge in [-0.3, -0.25) is 14.4 Å². The first-order valence-electron chi connectivity index (χ1n) is 38.2. The minimum absolute atomic E-state index is 0.127. The molecule has 3 aromatic heterocycles. The van der Waals surface area contributed by atoms with E-state index in [0.29, 0.717) is 34.4 Å². The average molecular weight is 1260 g/mol. The van der Waals surface area contributed by atoms with E-state index in [9.17, 15) is 14.4 Å². The topological polar surface area (TPSA) is 119 Å². The van der Waals surface area contributed by atoms with E-state index in [4.69, 9.17) is 15.0 Å². The molecule has 0 bridgehead atoms. The normalized spacial score (nSPS) is 26.8. The van der Waals surface area contributed by atoms with Gasteiger partial charge < -0.3 is 44.1 Å². The fourth-order valence-corrected chi connectivity index (χ4v) is 18.8. The Morgan fingerprint density at radius 3 is 1.10 bits per heavy atom. The molecule has 92 heavy (non-hydrogen) atoms. The van der Waals surface area contributed by atoms with E-state index in [1.165, 1.54) is 206 Å². The van der Waals surface area contributed by atoms with Crippen LogP contribution in [0.25, 0.3) is 0 Å². The van der Waals surface area contributed by atoms with Crippen molar-refractivity contribution < 1.29 is 14.4 Å². The van der Waals surface area contributed by atoms with Crippen molar-refractivity contribution in [2.75, 3.05) is 113 Å². The van der Waals surface area contributed by atoms with E-state index in [-0.39, 0.29) is 17.7 Å². The Bertz CT molecular complexity index is 2810. The van der Waals surface area contributed by atoms with Crippen molar-refractivity contribution >= 4 is 35.2 Å². The zero-order valence-corrected chi connectivity index (χ0v) is 57.5. The summed E-state index contributed by atoms with van der Waals surface area (Å²) in [5.74, 6) is 3.57. The molecule has 15 rings (SSSR count). The molecule has 8 aliphatic heterocycles. The molecule has 3 spiro atoms. The summed E-state index contributed by atoms with van der Waals surface area (Å²) in [4.78, 5) is 74.6. The minimum atomic E-state index is 0.127. The second kappa shape index (κ2) is 30.1. The lowest BCUT2D eigenvalue weighted by Crippen LogP contribution is -2.51. The maximum absolute atomic E-state index is 13.0. The van der Waals surface area contributed by atoms with Gasteiger partial charge >= 0.3 is 0 Å². The van der Waals surface area contributed by atoms with Gasteiger partial charge in [-0.15, -0.1) is 0 Å². The highest BCUT2D eigenvalue weighted by molar-refractivity contribution is 5.95. The van der Waals surface area contributed by atoms with Gasteiger partial charge in [0.1, 0.15) is 17.5 Å². The number of carbonyl (C=O) groups is 3. The first-order chi connectivity index (χ1) is 44.9. The van der Waals surface area contributed by atoms with Crippen molar-refractivity contribution in [2.24, 2.45) is 16.2 Å². The first-order valence-corrected chi connectivity index (χ1v) is 38.2. The van der Waals surface area contributed by atoms with Crippen LogP contribution in [0.15, 0.2) is 55.0 Å². The number of hydrogen-bond acceptors (Lipinski definition) is 12. The molecule has 15 heteroatoms. The summed E-state index contributed by atoms with van der Waals surface area (Å²) in [7, 11) is 1.96. The van der Waals surface area contributed by atoms with Crippen LogP contribution >= 0.6 is 0 Å².